The highest BCUT2D eigenvalue weighted by atomic mass is 16.5. The Morgan fingerprint density at radius 2 is 1.56 bits per heavy atom. The lowest BCUT2D eigenvalue weighted by Crippen LogP contribution is -2.56. The Hall–Kier alpha value is -2.85. The molecule has 2 aromatic rings. The lowest BCUT2D eigenvalue weighted by molar-refractivity contribution is -0.138. The van der Waals surface area contributed by atoms with Crippen LogP contribution in [0.15, 0.2) is 42.5 Å². The number of hydrogen-bond acceptors (Lipinski definition) is 8. The molecule has 4 rings (SSSR count). The van der Waals surface area contributed by atoms with Gasteiger partial charge in [-0.2, -0.15) is 0 Å². The maximum Gasteiger partial charge on any atom is 0.248 e. The number of carbonyl (C=O) groups excluding carboxylic acids is 1. The Bertz CT molecular complexity index is 1100. The summed E-state index contributed by atoms with van der Waals surface area (Å²) in [6.07, 6.45) is 1.22. The van der Waals surface area contributed by atoms with Crippen LogP contribution in [0, 0.1) is 13.8 Å². The molecule has 0 aromatic heterocycles. The van der Waals surface area contributed by atoms with Crippen LogP contribution < -0.4 is 14.4 Å². The number of methoxy groups -OCH3 is 2. The van der Waals surface area contributed by atoms with Crippen molar-refractivity contribution in [1.82, 2.24) is 9.80 Å². The van der Waals surface area contributed by atoms with Crippen LogP contribution in [0.5, 0.6) is 11.5 Å². The van der Waals surface area contributed by atoms with E-state index >= 15 is 0 Å². The van der Waals surface area contributed by atoms with E-state index in [4.69, 9.17) is 14.2 Å². The molecule has 2 aliphatic rings. The molecule has 0 bridgehead atoms. The van der Waals surface area contributed by atoms with Crippen LogP contribution in [-0.4, -0.2) is 110 Å². The van der Waals surface area contributed by atoms with Crippen molar-refractivity contribution in [3.63, 3.8) is 0 Å². The molecular weight excluding hydrogens is 498 g/mol. The van der Waals surface area contributed by atoms with Gasteiger partial charge in [0.2, 0.25) is 5.91 Å². The lowest BCUT2D eigenvalue weighted by Gasteiger charge is -2.42. The van der Waals surface area contributed by atoms with Gasteiger partial charge in [-0.1, -0.05) is 6.07 Å². The number of amides is 1. The van der Waals surface area contributed by atoms with E-state index < -0.39 is 11.2 Å². The molecule has 2 saturated heterocycles. The number of nitrogens with zero attached hydrogens (tertiary/aromatic N) is 3. The molecule has 2 heterocycles. The summed E-state index contributed by atoms with van der Waals surface area (Å²) in [5, 5.41) is 23.3. The third kappa shape index (κ3) is 7.63. The second-order valence-corrected chi connectivity index (χ2v) is 11.1. The molecule has 9 heteroatoms. The number of anilines is 1. The van der Waals surface area contributed by atoms with Crippen molar-refractivity contribution in [2.24, 2.45) is 0 Å². The average Bonchev–Trinajstić information content (AvgIpc) is 3.08. The van der Waals surface area contributed by atoms with Crippen LogP contribution in [0.4, 0.5) is 5.69 Å². The molecule has 214 valence electrons. The fourth-order valence-electron chi connectivity index (χ4n) is 5.47. The molecule has 0 spiro atoms. The molecule has 1 amide bonds. The quantitative estimate of drug-likeness (QED) is 0.499. The Kier molecular flexibility index (Phi) is 9.38. The molecule has 1 unspecified atom stereocenters. The topological polar surface area (TPSA) is 94.9 Å². The van der Waals surface area contributed by atoms with Gasteiger partial charge in [0.25, 0.3) is 0 Å². The van der Waals surface area contributed by atoms with Crippen molar-refractivity contribution in [3.8, 4) is 11.5 Å². The van der Waals surface area contributed by atoms with E-state index in [0.29, 0.717) is 44.8 Å². The Labute approximate surface area is 231 Å². The molecule has 1 atom stereocenters. The van der Waals surface area contributed by atoms with Crippen molar-refractivity contribution in [1.29, 1.82) is 0 Å². The normalized spacial score (nSPS) is 21.9. The first-order valence-corrected chi connectivity index (χ1v) is 13.6. The first-order chi connectivity index (χ1) is 18.6. The summed E-state index contributed by atoms with van der Waals surface area (Å²) in [6, 6.07) is 13.8. The van der Waals surface area contributed by atoms with Crippen molar-refractivity contribution in [2.45, 2.75) is 37.9 Å². The summed E-state index contributed by atoms with van der Waals surface area (Å²) in [4.78, 5) is 18.7. The second kappa shape index (κ2) is 12.6. The summed E-state index contributed by atoms with van der Waals surface area (Å²) in [6.45, 7) is 7.36. The van der Waals surface area contributed by atoms with Crippen LogP contribution in [0.3, 0.4) is 0 Å². The zero-order valence-electron chi connectivity index (χ0n) is 23.7. The minimum Gasteiger partial charge on any atom is -0.497 e. The van der Waals surface area contributed by atoms with E-state index in [2.05, 4.69) is 9.80 Å². The van der Waals surface area contributed by atoms with Gasteiger partial charge in [0.05, 0.1) is 19.3 Å². The van der Waals surface area contributed by atoms with Crippen molar-refractivity contribution >= 4 is 11.6 Å². The largest absolute Gasteiger partial charge is 0.497 e. The van der Waals surface area contributed by atoms with E-state index in [-0.39, 0.29) is 25.7 Å². The highest BCUT2D eigenvalue weighted by Crippen LogP contribution is 2.29. The zero-order valence-corrected chi connectivity index (χ0v) is 23.7. The van der Waals surface area contributed by atoms with Gasteiger partial charge in [0.15, 0.2) is 0 Å². The van der Waals surface area contributed by atoms with Crippen LogP contribution in [0.25, 0.3) is 0 Å². The molecular formula is C30H43N3O6. The van der Waals surface area contributed by atoms with Crippen LogP contribution in [-0.2, 0) is 9.53 Å². The maximum atomic E-state index is 12.7. The maximum absolute atomic E-state index is 12.7. The van der Waals surface area contributed by atoms with Crippen LogP contribution >= 0.6 is 0 Å². The molecule has 0 aliphatic carbocycles. The first-order valence-electron chi connectivity index (χ1n) is 13.6. The SMILES string of the molecule is COCC(=O)N1CCN(CC2(O)CCN(c3ccc(OC)cc3)CC2)CC(O)(COc2ccc(C)c(C)c2)C1. The number of rotatable bonds is 9. The van der Waals surface area contributed by atoms with Gasteiger partial charge < -0.3 is 34.2 Å². The summed E-state index contributed by atoms with van der Waals surface area (Å²) < 4.78 is 16.4. The van der Waals surface area contributed by atoms with Crippen LogP contribution in [0.1, 0.15) is 24.0 Å². The smallest absolute Gasteiger partial charge is 0.248 e. The van der Waals surface area contributed by atoms with Gasteiger partial charge >= 0.3 is 0 Å². The van der Waals surface area contributed by atoms with E-state index in [1.807, 2.05) is 56.3 Å². The van der Waals surface area contributed by atoms with Gasteiger partial charge in [0.1, 0.15) is 30.3 Å². The number of piperidine rings is 1. The molecule has 9 nitrogen and oxygen atoms in total. The van der Waals surface area contributed by atoms with Gasteiger partial charge in [-0.05, 0) is 74.2 Å². The van der Waals surface area contributed by atoms with E-state index in [9.17, 15) is 15.0 Å². The second-order valence-electron chi connectivity index (χ2n) is 11.1. The van der Waals surface area contributed by atoms with Gasteiger partial charge in [0, 0.05) is 52.1 Å². The average molecular weight is 542 g/mol. The Balaban J connectivity index is 1.42. The lowest BCUT2D eigenvalue weighted by atomic mass is 9.90. The first kappa shape index (κ1) is 29.1. The predicted octanol–water partition coefficient (Wildman–Crippen LogP) is 2.24. The molecule has 2 fully saturated rings. The number of aryl methyl sites for hydroxylation is 2. The Morgan fingerprint density at radius 1 is 0.872 bits per heavy atom. The van der Waals surface area contributed by atoms with Crippen molar-refractivity contribution < 1.29 is 29.2 Å². The fourth-order valence-corrected chi connectivity index (χ4v) is 5.47. The molecule has 2 N–H and O–H groups in total. The van der Waals surface area contributed by atoms with Gasteiger partial charge in [-0.3, -0.25) is 9.69 Å². The van der Waals surface area contributed by atoms with E-state index in [0.717, 1.165) is 30.1 Å². The molecule has 0 saturated carbocycles. The molecule has 0 radical (unpaired) electrons. The number of β-amino-alcohol motifs (C(OH)–C–C–N with tert-alkyl or cyclic N) is 2. The molecule has 2 aromatic carbocycles. The van der Waals surface area contributed by atoms with Crippen molar-refractivity contribution in [3.05, 3.63) is 53.6 Å². The summed E-state index contributed by atoms with van der Waals surface area (Å²) in [5.41, 5.74) is 1.20. The number of carbonyl (C=O) groups is 1. The highest BCUT2D eigenvalue weighted by molar-refractivity contribution is 5.77. The van der Waals surface area contributed by atoms with E-state index in [1.165, 1.54) is 12.7 Å². The third-order valence-corrected chi connectivity index (χ3v) is 7.95. The zero-order chi connectivity index (χ0) is 28.0. The standard InChI is InChI=1S/C30H43N3O6/c1-23-5-8-27(17-24(23)2)39-22-30(36)20-31(15-16-33(21-30)28(34)18-37-3)19-29(35)11-13-32(14-12-29)25-6-9-26(38-4)10-7-25/h5-10,17,35-36H,11-16,18-22H2,1-4H3. The molecule has 39 heavy (non-hydrogen) atoms. The number of benzene rings is 2. The monoisotopic (exact) mass is 541 g/mol. The highest BCUT2D eigenvalue weighted by Gasteiger charge is 2.41. The summed E-state index contributed by atoms with van der Waals surface area (Å²) >= 11 is 0. The number of ether oxygens (including phenoxy) is 3. The van der Waals surface area contributed by atoms with Crippen molar-refractivity contribution in [2.75, 3.05) is 78.1 Å². The minimum atomic E-state index is -1.31. The van der Waals surface area contributed by atoms with Gasteiger partial charge in [-0.15, -0.1) is 0 Å². The van der Waals surface area contributed by atoms with E-state index in [1.54, 1.807) is 12.0 Å². The predicted molar refractivity (Wildman–Crippen MR) is 151 cm³/mol. The summed E-state index contributed by atoms with van der Waals surface area (Å²) in [5.74, 6) is 1.33. The van der Waals surface area contributed by atoms with Crippen LogP contribution in [0.2, 0.25) is 0 Å². The number of aliphatic hydroxyl groups is 2. The van der Waals surface area contributed by atoms with Gasteiger partial charge in [-0.25, -0.2) is 0 Å². The minimum absolute atomic E-state index is 0.0342. The fraction of sp³-hybridized carbons (Fsp3) is 0.567. The Morgan fingerprint density at radius 3 is 2.21 bits per heavy atom. The third-order valence-electron chi connectivity index (χ3n) is 7.95. The molecule has 2 aliphatic heterocycles. The number of hydrogen-bond donors (Lipinski definition) is 2. The summed E-state index contributed by atoms with van der Waals surface area (Å²) in [7, 11) is 3.15.